The molecule has 1 aromatic rings. The minimum atomic E-state index is -0.600. The van der Waals surface area contributed by atoms with Crippen molar-refractivity contribution in [1.82, 2.24) is 0 Å². The van der Waals surface area contributed by atoms with E-state index in [0.29, 0.717) is 5.92 Å². The molecule has 1 aliphatic heterocycles. The van der Waals surface area contributed by atoms with Crippen LogP contribution in [0.3, 0.4) is 0 Å². The van der Waals surface area contributed by atoms with Crippen molar-refractivity contribution >= 4 is 11.8 Å². The Morgan fingerprint density at radius 1 is 1.40 bits per heavy atom. The van der Waals surface area contributed by atoms with Crippen molar-refractivity contribution in [2.24, 2.45) is 5.92 Å². The zero-order valence-electron chi connectivity index (χ0n) is 9.36. The Bertz CT molecular complexity index is 333. The Hall–Kier alpha value is -0.470. The first kappa shape index (κ1) is 11.0. The summed E-state index contributed by atoms with van der Waals surface area (Å²) in [6.07, 6.45) is 1.06. The predicted octanol–water partition coefficient (Wildman–Crippen LogP) is 2.82. The number of hydrogen-bond acceptors (Lipinski definition) is 2. The van der Waals surface area contributed by atoms with E-state index in [2.05, 4.69) is 38.1 Å². The van der Waals surface area contributed by atoms with Crippen molar-refractivity contribution in [3.8, 4) is 0 Å². The van der Waals surface area contributed by atoms with Gasteiger partial charge in [-0.2, -0.15) is 11.8 Å². The maximum atomic E-state index is 10.6. The molecule has 0 spiro atoms. The minimum Gasteiger partial charge on any atom is -0.384 e. The van der Waals surface area contributed by atoms with Crippen LogP contribution in [0.5, 0.6) is 0 Å². The second kappa shape index (κ2) is 4.18. The SMILES string of the molecule is CCc1ccc([C@]2(O)CSC[C@H]2C)cc1. The van der Waals surface area contributed by atoms with Gasteiger partial charge in [-0.15, -0.1) is 0 Å². The molecule has 15 heavy (non-hydrogen) atoms. The van der Waals surface area contributed by atoms with Gasteiger partial charge in [0.05, 0.1) is 0 Å². The Morgan fingerprint density at radius 3 is 2.53 bits per heavy atom. The van der Waals surface area contributed by atoms with E-state index in [1.807, 2.05) is 11.8 Å². The number of aryl methyl sites for hydroxylation is 1. The summed E-state index contributed by atoms with van der Waals surface area (Å²) in [6, 6.07) is 8.43. The second-order valence-corrected chi connectivity index (χ2v) is 5.42. The van der Waals surface area contributed by atoms with E-state index >= 15 is 0 Å². The first-order valence-electron chi connectivity index (χ1n) is 5.56. The van der Waals surface area contributed by atoms with Crippen LogP contribution in [0.1, 0.15) is 25.0 Å². The van der Waals surface area contributed by atoms with E-state index in [4.69, 9.17) is 0 Å². The quantitative estimate of drug-likeness (QED) is 0.830. The summed E-state index contributed by atoms with van der Waals surface area (Å²) in [4.78, 5) is 0. The molecule has 2 rings (SSSR count). The van der Waals surface area contributed by atoms with Gasteiger partial charge in [-0.1, -0.05) is 38.1 Å². The molecule has 0 bridgehead atoms. The molecule has 1 fully saturated rings. The lowest BCUT2D eigenvalue weighted by Gasteiger charge is -2.27. The van der Waals surface area contributed by atoms with Crippen LogP contribution in [0.25, 0.3) is 0 Å². The fraction of sp³-hybridized carbons (Fsp3) is 0.538. The van der Waals surface area contributed by atoms with Gasteiger partial charge in [0.25, 0.3) is 0 Å². The molecule has 0 unspecified atom stereocenters. The summed E-state index contributed by atoms with van der Waals surface area (Å²) < 4.78 is 0. The van der Waals surface area contributed by atoms with Crippen molar-refractivity contribution in [2.45, 2.75) is 25.9 Å². The molecule has 2 heteroatoms. The van der Waals surface area contributed by atoms with Gasteiger partial charge < -0.3 is 5.11 Å². The standard InChI is InChI=1S/C13H18OS/c1-3-11-4-6-12(7-5-11)13(14)9-15-8-10(13)2/h4-7,10,14H,3,8-9H2,1-2H3/t10-,13+/m1/s1. The highest BCUT2D eigenvalue weighted by Gasteiger charge is 2.40. The van der Waals surface area contributed by atoms with Crippen LogP contribution >= 0.6 is 11.8 Å². The van der Waals surface area contributed by atoms with Gasteiger partial charge in [-0.05, 0) is 29.2 Å². The Morgan fingerprint density at radius 2 is 2.07 bits per heavy atom. The molecule has 0 radical (unpaired) electrons. The molecule has 1 saturated heterocycles. The first-order valence-corrected chi connectivity index (χ1v) is 6.72. The van der Waals surface area contributed by atoms with E-state index in [-0.39, 0.29) is 0 Å². The van der Waals surface area contributed by atoms with Gasteiger partial charge in [0.15, 0.2) is 0 Å². The summed E-state index contributed by atoms with van der Waals surface area (Å²) in [6.45, 7) is 4.28. The number of benzene rings is 1. The van der Waals surface area contributed by atoms with E-state index in [1.165, 1.54) is 5.56 Å². The molecule has 1 N–H and O–H groups in total. The maximum Gasteiger partial charge on any atom is 0.102 e. The molecule has 1 aliphatic rings. The van der Waals surface area contributed by atoms with Gasteiger partial charge in [0.1, 0.15) is 5.60 Å². The van der Waals surface area contributed by atoms with Gasteiger partial charge in [-0.25, -0.2) is 0 Å². The van der Waals surface area contributed by atoms with Crippen molar-refractivity contribution in [2.75, 3.05) is 11.5 Å². The number of aliphatic hydroxyl groups is 1. The molecular weight excluding hydrogens is 204 g/mol. The second-order valence-electron chi connectivity index (χ2n) is 4.39. The predicted molar refractivity (Wildman–Crippen MR) is 66.2 cm³/mol. The smallest absolute Gasteiger partial charge is 0.102 e. The highest BCUT2D eigenvalue weighted by Crippen LogP contribution is 2.41. The minimum absolute atomic E-state index is 0.356. The summed E-state index contributed by atoms with van der Waals surface area (Å²) in [5.41, 5.74) is 1.81. The van der Waals surface area contributed by atoms with E-state index in [9.17, 15) is 5.11 Å². The molecule has 1 heterocycles. The summed E-state index contributed by atoms with van der Waals surface area (Å²) in [5, 5.41) is 10.6. The van der Waals surface area contributed by atoms with Gasteiger partial charge in [0.2, 0.25) is 0 Å². The zero-order valence-corrected chi connectivity index (χ0v) is 10.2. The Labute approximate surface area is 95.9 Å². The van der Waals surface area contributed by atoms with Crippen LogP contribution in [0.4, 0.5) is 0 Å². The molecule has 0 saturated carbocycles. The maximum absolute atomic E-state index is 10.6. The molecule has 0 aliphatic carbocycles. The van der Waals surface area contributed by atoms with Crippen LogP contribution in [-0.4, -0.2) is 16.6 Å². The summed E-state index contributed by atoms with van der Waals surface area (Å²) in [5.74, 6) is 2.25. The fourth-order valence-electron chi connectivity index (χ4n) is 2.07. The normalized spacial score (nSPS) is 30.7. The Kier molecular flexibility index (Phi) is 3.08. The molecule has 0 aromatic heterocycles. The average molecular weight is 222 g/mol. The van der Waals surface area contributed by atoms with Crippen molar-refractivity contribution in [3.63, 3.8) is 0 Å². The molecule has 0 amide bonds. The third kappa shape index (κ3) is 1.93. The summed E-state index contributed by atoms with van der Waals surface area (Å²) >= 11 is 1.84. The van der Waals surface area contributed by atoms with Gasteiger partial charge in [-0.3, -0.25) is 0 Å². The van der Waals surface area contributed by atoms with Crippen molar-refractivity contribution in [3.05, 3.63) is 35.4 Å². The molecule has 1 nitrogen and oxygen atoms in total. The fourth-order valence-corrected chi connectivity index (χ4v) is 3.58. The van der Waals surface area contributed by atoms with Gasteiger partial charge >= 0.3 is 0 Å². The van der Waals surface area contributed by atoms with E-state index in [0.717, 1.165) is 23.5 Å². The lowest BCUT2D eigenvalue weighted by Crippen LogP contribution is -2.32. The monoisotopic (exact) mass is 222 g/mol. The average Bonchev–Trinajstić information content (AvgIpc) is 2.61. The highest BCUT2D eigenvalue weighted by molar-refractivity contribution is 7.99. The highest BCUT2D eigenvalue weighted by atomic mass is 32.2. The first-order chi connectivity index (χ1) is 7.16. The molecule has 1 aromatic carbocycles. The van der Waals surface area contributed by atoms with Crippen LogP contribution < -0.4 is 0 Å². The summed E-state index contributed by atoms with van der Waals surface area (Å²) in [7, 11) is 0. The zero-order chi connectivity index (χ0) is 10.9. The van der Waals surface area contributed by atoms with Crippen LogP contribution in [0.15, 0.2) is 24.3 Å². The van der Waals surface area contributed by atoms with Crippen LogP contribution in [-0.2, 0) is 12.0 Å². The third-order valence-corrected chi connectivity index (χ3v) is 4.75. The van der Waals surface area contributed by atoms with Gasteiger partial charge in [0, 0.05) is 5.75 Å². The molecular formula is C13H18OS. The number of hydrogen-bond donors (Lipinski definition) is 1. The van der Waals surface area contributed by atoms with Crippen LogP contribution in [0.2, 0.25) is 0 Å². The Balaban J connectivity index is 2.28. The van der Waals surface area contributed by atoms with E-state index < -0.39 is 5.60 Å². The largest absolute Gasteiger partial charge is 0.384 e. The third-order valence-electron chi connectivity index (χ3n) is 3.37. The van der Waals surface area contributed by atoms with E-state index in [1.54, 1.807) is 0 Å². The van der Waals surface area contributed by atoms with Crippen LogP contribution in [0, 0.1) is 5.92 Å². The lowest BCUT2D eigenvalue weighted by molar-refractivity contribution is 0.0234. The number of rotatable bonds is 2. The molecule has 2 atom stereocenters. The lowest BCUT2D eigenvalue weighted by atomic mass is 9.85. The van der Waals surface area contributed by atoms with Crippen molar-refractivity contribution < 1.29 is 5.11 Å². The molecule has 82 valence electrons. The topological polar surface area (TPSA) is 20.2 Å². The number of thioether (sulfide) groups is 1. The van der Waals surface area contributed by atoms with Crippen molar-refractivity contribution in [1.29, 1.82) is 0 Å².